The number of esters is 1. The molecule has 0 saturated heterocycles. The minimum absolute atomic E-state index is 0.00290. The number of benzene rings is 2. The van der Waals surface area contributed by atoms with Gasteiger partial charge in [-0.05, 0) is 32.0 Å². The molecule has 6 nitrogen and oxygen atoms in total. The maximum absolute atomic E-state index is 12.7. The lowest BCUT2D eigenvalue weighted by Gasteiger charge is -2.14. The molecule has 30 heavy (non-hydrogen) atoms. The van der Waals surface area contributed by atoms with Crippen LogP contribution in [0.5, 0.6) is 0 Å². The number of halogens is 3. The van der Waals surface area contributed by atoms with Crippen molar-refractivity contribution in [2.24, 2.45) is 0 Å². The maximum atomic E-state index is 12.7. The second kappa shape index (κ2) is 9.71. The monoisotopic (exact) mass is 469 g/mol. The number of rotatable bonds is 7. The van der Waals surface area contributed by atoms with E-state index < -0.39 is 18.0 Å². The van der Waals surface area contributed by atoms with Crippen LogP contribution in [0.15, 0.2) is 40.8 Å². The van der Waals surface area contributed by atoms with Gasteiger partial charge in [-0.1, -0.05) is 53.0 Å². The second-order valence-corrected chi connectivity index (χ2v) is 7.55. The Hall–Kier alpha value is -2.25. The van der Waals surface area contributed by atoms with Gasteiger partial charge in [-0.3, -0.25) is 4.79 Å². The molecule has 0 aliphatic heterocycles. The van der Waals surface area contributed by atoms with E-state index in [1.165, 1.54) is 19.1 Å². The van der Waals surface area contributed by atoms with Crippen molar-refractivity contribution in [3.8, 4) is 0 Å². The Balaban J connectivity index is 1.77. The molecular weight excluding hydrogens is 453 g/mol. The Kier molecular flexibility index (Phi) is 7.26. The smallest absolute Gasteiger partial charge is 0.375 e. The zero-order valence-electron chi connectivity index (χ0n) is 16.1. The molecule has 2 aromatic carbocycles. The number of para-hydroxylation sites is 1. The van der Waals surface area contributed by atoms with E-state index in [9.17, 15) is 9.59 Å². The van der Waals surface area contributed by atoms with Gasteiger partial charge in [0.05, 0.1) is 27.4 Å². The summed E-state index contributed by atoms with van der Waals surface area (Å²) in [6.45, 7) is 3.93. The molecule has 1 N–H and O–H groups in total. The van der Waals surface area contributed by atoms with Crippen molar-refractivity contribution in [1.82, 2.24) is 0 Å². The van der Waals surface area contributed by atoms with Crippen molar-refractivity contribution in [1.29, 1.82) is 0 Å². The minimum Gasteiger partial charge on any atom is -0.449 e. The summed E-state index contributed by atoms with van der Waals surface area (Å²) in [6, 6.07) is 10.0. The van der Waals surface area contributed by atoms with Gasteiger partial charge < -0.3 is 19.2 Å². The van der Waals surface area contributed by atoms with Crippen LogP contribution in [0.3, 0.4) is 0 Å². The van der Waals surface area contributed by atoms with Gasteiger partial charge in [-0.15, -0.1) is 0 Å². The van der Waals surface area contributed by atoms with Crippen LogP contribution >= 0.6 is 34.8 Å². The number of nitrogens with one attached hydrogen (secondary N) is 1. The number of carbonyl (C=O) groups excluding carboxylic acids is 2. The average Bonchev–Trinajstić information content (AvgIpc) is 3.09. The van der Waals surface area contributed by atoms with E-state index in [-0.39, 0.29) is 33.1 Å². The van der Waals surface area contributed by atoms with Gasteiger partial charge in [-0.25, -0.2) is 4.79 Å². The molecule has 0 aliphatic carbocycles. The summed E-state index contributed by atoms with van der Waals surface area (Å²) in [4.78, 5) is 25.2. The minimum atomic E-state index is -1.13. The predicted molar refractivity (Wildman–Crippen MR) is 117 cm³/mol. The first-order valence-corrected chi connectivity index (χ1v) is 10.2. The third-order valence-corrected chi connectivity index (χ3v) is 5.29. The standard InChI is InChI=1S/C21H18Cl3NO5/c1-3-28-10-13-12-6-4-5-7-18(12)30-19(13)21(27)29-11(2)20(26)25-17-9-15(23)14(22)8-16(17)24/h4-9,11H,3,10H2,1-2H3,(H,25,26)/t11-/m1/s1. The SMILES string of the molecule is CCOCc1c(C(=O)O[C@H](C)C(=O)Nc2cc(Cl)c(Cl)cc2Cl)oc2ccccc12. The number of carbonyl (C=O) groups is 2. The first kappa shape index (κ1) is 22.4. The second-order valence-electron chi connectivity index (χ2n) is 6.33. The highest BCUT2D eigenvalue weighted by Crippen LogP contribution is 2.32. The predicted octanol–water partition coefficient (Wildman–Crippen LogP) is 6.11. The molecule has 1 aromatic heterocycles. The van der Waals surface area contributed by atoms with E-state index in [0.717, 1.165) is 5.39 Å². The Morgan fingerprint density at radius 2 is 1.80 bits per heavy atom. The summed E-state index contributed by atoms with van der Waals surface area (Å²) >= 11 is 17.9. The van der Waals surface area contributed by atoms with Gasteiger partial charge in [0.25, 0.3) is 5.91 Å². The fraction of sp³-hybridized carbons (Fsp3) is 0.238. The van der Waals surface area contributed by atoms with Crippen molar-refractivity contribution < 1.29 is 23.5 Å². The molecule has 1 heterocycles. The molecule has 9 heteroatoms. The summed E-state index contributed by atoms with van der Waals surface area (Å²) in [5, 5.41) is 3.99. The summed E-state index contributed by atoms with van der Waals surface area (Å²) in [6.07, 6.45) is -1.13. The summed E-state index contributed by atoms with van der Waals surface area (Å²) in [7, 11) is 0. The molecule has 0 aliphatic rings. The number of fused-ring (bicyclic) bond motifs is 1. The maximum Gasteiger partial charge on any atom is 0.375 e. The molecule has 3 aromatic rings. The van der Waals surface area contributed by atoms with Crippen molar-refractivity contribution in [2.45, 2.75) is 26.6 Å². The van der Waals surface area contributed by atoms with Crippen LogP contribution in [0.4, 0.5) is 5.69 Å². The topological polar surface area (TPSA) is 77.8 Å². The summed E-state index contributed by atoms with van der Waals surface area (Å²) in [5.74, 6) is -1.37. The molecule has 0 saturated carbocycles. The van der Waals surface area contributed by atoms with Crippen LogP contribution in [-0.4, -0.2) is 24.6 Å². The molecule has 0 fully saturated rings. The van der Waals surface area contributed by atoms with Gasteiger partial charge in [0.2, 0.25) is 5.76 Å². The molecular formula is C21H18Cl3NO5. The molecule has 0 bridgehead atoms. The fourth-order valence-electron chi connectivity index (χ4n) is 2.73. The number of furan rings is 1. The van der Waals surface area contributed by atoms with Crippen LogP contribution < -0.4 is 5.32 Å². The largest absolute Gasteiger partial charge is 0.449 e. The molecule has 1 amide bonds. The average molecular weight is 471 g/mol. The first-order chi connectivity index (χ1) is 14.3. The number of anilines is 1. The lowest BCUT2D eigenvalue weighted by Crippen LogP contribution is -2.30. The molecule has 158 valence electrons. The van der Waals surface area contributed by atoms with Gasteiger partial charge in [0.15, 0.2) is 6.10 Å². The lowest BCUT2D eigenvalue weighted by molar-refractivity contribution is -0.123. The number of hydrogen-bond acceptors (Lipinski definition) is 5. The quantitative estimate of drug-likeness (QED) is 0.333. The number of amides is 1. The zero-order chi connectivity index (χ0) is 21.8. The van der Waals surface area contributed by atoms with Crippen LogP contribution in [0, 0.1) is 0 Å². The fourth-order valence-corrected chi connectivity index (χ4v) is 3.33. The Morgan fingerprint density at radius 1 is 1.10 bits per heavy atom. The van der Waals surface area contributed by atoms with E-state index in [4.69, 9.17) is 48.7 Å². The Morgan fingerprint density at radius 3 is 2.53 bits per heavy atom. The van der Waals surface area contributed by atoms with Gasteiger partial charge in [0, 0.05) is 17.6 Å². The van der Waals surface area contributed by atoms with Crippen molar-refractivity contribution in [3.05, 3.63) is 62.8 Å². The van der Waals surface area contributed by atoms with Gasteiger partial charge >= 0.3 is 5.97 Å². The Labute approximate surface area is 188 Å². The van der Waals surface area contributed by atoms with Crippen LogP contribution in [0.2, 0.25) is 15.1 Å². The zero-order valence-corrected chi connectivity index (χ0v) is 18.4. The lowest BCUT2D eigenvalue weighted by atomic mass is 10.1. The van der Waals surface area contributed by atoms with Crippen LogP contribution in [0.25, 0.3) is 11.0 Å². The molecule has 0 radical (unpaired) electrons. The van der Waals surface area contributed by atoms with E-state index in [2.05, 4.69) is 5.32 Å². The van der Waals surface area contributed by atoms with Crippen LogP contribution in [-0.2, 0) is 20.9 Å². The van der Waals surface area contributed by atoms with Crippen molar-refractivity contribution in [3.63, 3.8) is 0 Å². The third-order valence-electron chi connectivity index (χ3n) is 4.26. The first-order valence-electron chi connectivity index (χ1n) is 9.06. The van der Waals surface area contributed by atoms with Crippen molar-refractivity contribution in [2.75, 3.05) is 11.9 Å². The molecule has 0 spiro atoms. The normalized spacial score (nSPS) is 12.0. The molecule has 3 rings (SSSR count). The van der Waals surface area contributed by atoms with E-state index in [1.807, 2.05) is 19.1 Å². The van der Waals surface area contributed by atoms with Crippen LogP contribution in [0.1, 0.15) is 30.0 Å². The highest BCUT2D eigenvalue weighted by molar-refractivity contribution is 6.44. The highest BCUT2D eigenvalue weighted by atomic mass is 35.5. The highest BCUT2D eigenvalue weighted by Gasteiger charge is 2.26. The summed E-state index contributed by atoms with van der Waals surface area (Å²) in [5.41, 5.74) is 1.34. The van der Waals surface area contributed by atoms with Gasteiger partial charge in [-0.2, -0.15) is 0 Å². The molecule has 0 unspecified atom stereocenters. The molecule has 1 atom stereocenters. The van der Waals surface area contributed by atoms with E-state index >= 15 is 0 Å². The third kappa shape index (κ3) is 4.90. The van der Waals surface area contributed by atoms with E-state index in [0.29, 0.717) is 17.8 Å². The number of hydrogen-bond donors (Lipinski definition) is 1. The Bertz CT molecular complexity index is 1100. The summed E-state index contributed by atoms with van der Waals surface area (Å²) < 4.78 is 16.4. The van der Waals surface area contributed by atoms with E-state index in [1.54, 1.807) is 12.1 Å². The number of ether oxygens (including phenoxy) is 2. The van der Waals surface area contributed by atoms with Gasteiger partial charge in [0.1, 0.15) is 5.58 Å². The van der Waals surface area contributed by atoms with Crippen molar-refractivity contribution >= 4 is 63.3 Å².